The molecule has 1 N–H and O–H groups in total. The molecular formula is C25H31N5O3S. The third-order valence-electron chi connectivity index (χ3n) is 5.46. The van der Waals surface area contributed by atoms with Crippen molar-refractivity contribution in [2.75, 3.05) is 43.6 Å². The van der Waals surface area contributed by atoms with Gasteiger partial charge in [-0.15, -0.1) is 10.2 Å². The third-order valence-corrected chi connectivity index (χ3v) is 6.70. The summed E-state index contributed by atoms with van der Waals surface area (Å²) in [5, 5.41) is 12.3. The Morgan fingerprint density at radius 2 is 1.79 bits per heavy atom. The number of carbonyl (C=O) groups is 1. The molecule has 1 saturated heterocycles. The van der Waals surface area contributed by atoms with Crippen LogP contribution in [-0.4, -0.2) is 54.1 Å². The summed E-state index contributed by atoms with van der Waals surface area (Å²) in [4.78, 5) is 15.7. The number of amides is 1. The Labute approximate surface area is 204 Å². The Kier molecular flexibility index (Phi) is 8.08. The van der Waals surface area contributed by atoms with Crippen molar-refractivity contribution < 1.29 is 14.3 Å². The van der Waals surface area contributed by atoms with E-state index in [1.165, 1.54) is 11.8 Å². The fourth-order valence-corrected chi connectivity index (χ4v) is 4.82. The molecule has 0 saturated carbocycles. The summed E-state index contributed by atoms with van der Waals surface area (Å²) in [5.41, 5.74) is 1.62. The molecule has 0 aliphatic carbocycles. The van der Waals surface area contributed by atoms with E-state index in [4.69, 9.17) is 9.47 Å². The second kappa shape index (κ2) is 11.4. The minimum atomic E-state index is -0.490. The van der Waals surface area contributed by atoms with E-state index < -0.39 is 5.25 Å². The van der Waals surface area contributed by atoms with Gasteiger partial charge in [-0.3, -0.25) is 9.36 Å². The highest BCUT2D eigenvalue weighted by molar-refractivity contribution is 8.00. The number of aromatic nitrogens is 3. The first-order chi connectivity index (χ1) is 16.5. The highest BCUT2D eigenvalue weighted by Gasteiger charge is 2.28. The molecular weight excluding hydrogens is 450 g/mol. The van der Waals surface area contributed by atoms with Crippen molar-refractivity contribution in [1.82, 2.24) is 14.8 Å². The molecule has 8 nitrogen and oxygen atoms in total. The normalized spacial score (nSPS) is 14.8. The van der Waals surface area contributed by atoms with Gasteiger partial charge < -0.3 is 19.7 Å². The number of morpholine rings is 1. The fourth-order valence-electron chi connectivity index (χ4n) is 3.78. The molecule has 1 aliphatic heterocycles. The number of nitrogens with zero attached hydrogens (tertiary/aromatic N) is 4. The van der Waals surface area contributed by atoms with Gasteiger partial charge in [-0.2, -0.15) is 0 Å². The van der Waals surface area contributed by atoms with Gasteiger partial charge in [0, 0.05) is 25.3 Å². The van der Waals surface area contributed by atoms with Crippen LogP contribution in [0.25, 0.3) is 0 Å². The first kappa shape index (κ1) is 24.1. The summed E-state index contributed by atoms with van der Waals surface area (Å²) in [6.07, 6.45) is 0. The Bertz CT molecular complexity index is 1070. The van der Waals surface area contributed by atoms with Gasteiger partial charge in [-0.25, -0.2) is 0 Å². The van der Waals surface area contributed by atoms with Crippen LogP contribution in [0, 0.1) is 5.92 Å². The number of rotatable bonds is 9. The van der Waals surface area contributed by atoms with Gasteiger partial charge in [-0.1, -0.05) is 55.9 Å². The van der Waals surface area contributed by atoms with Crippen molar-refractivity contribution in [3.05, 3.63) is 60.2 Å². The lowest BCUT2D eigenvalue weighted by Gasteiger charge is -2.28. The average Bonchev–Trinajstić information content (AvgIpc) is 3.25. The Hall–Kier alpha value is -3.04. The number of methoxy groups -OCH3 is 1. The average molecular weight is 482 g/mol. The van der Waals surface area contributed by atoms with Gasteiger partial charge in [0.15, 0.2) is 5.16 Å². The van der Waals surface area contributed by atoms with Gasteiger partial charge in [0.05, 0.1) is 20.3 Å². The predicted octanol–water partition coefficient (Wildman–Crippen LogP) is 4.25. The fraction of sp³-hybridized carbons (Fsp3) is 0.400. The lowest BCUT2D eigenvalue weighted by Crippen LogP contribution is -2.38. The first-order valence-corrected chi connectivity index (χ1v) is 12.4. The maximum atomic E-state index is 13.5. The van der Waals surface area contributed by atoms with E-state index in [1.54, 1.807) is 7.11 Å². The molecule has 2 aromatic carbocycles. The van der Waals surface area contributed by atoms with Crippen LogP contribution in [0.3, 0.4) is 0 Å². The van der Waals surface area contributed by atoms with Crippen LogP contribution in [-0.2, 0) is 16.1 Å². The summed E-state index contributed by atoms with van der Waals surface area (Å²) in [6.45, 7) is 8.01. The molecule has 9 heteroatoms. The molecule has 0 radical (unpaired) electrons. The lowest BCUT2D eigenvalue weighted by molar-refractivity contribution is -0.115. The SMILES string of the molecule is COc1ccc(NC(=O)C(Sc2nnc(N3CCOCC3)n2CC(C)C)c2ccccc2)cc1. The Balaban J connectivity index is 1.62. The van der Waals surface area contributed by atoms with Gasteiger partial charge in [-0.05, 0) is 35.7 Å². The number of hydrogen-bond acceptors (Lipinski definition) is 7. The number of anilines is 2. The summed E-state index contributed by atoms with van der Waals surface area (Å²) in [6, 6.07) is 17.1. The third kappa shape index (κ3) is 5.90. The van der Waals surface area contributed by atoms with Crippen LogP contribution >= 0.6 is 11.8 Å². The van der Waals surface area contributed by atoms with Crippen molar-refractivity contribution in [1.29, 1.82) is 0 Å². The van der Waals surface area contributed by atoms with Crippen molar-refractivity contribution in [3.8, 4) is 5.75 Å². The van der Waals surface area contributed by atoms with E-state index in [2.05, 4.69) is 38.8 Å². The predicted molar refractivity (Wildman–Crippen MR) is 135 cm³/mol. The molecule has 1 atom stereocenters. The maximum absolute atomic E-state index is 13.5. The van der Waals surface area contributed by atoms with Crippen LogP contribution in [0.4, 0.5) is 11.6 Å². The Morgan fingerprint density at radius 1 is 1.09 bits per heavy atom. The molecule has 3 aromatic rings. The number of thioether (sulfide) groups is 1. The van der Waals surface area contributed by atoms with E-state index in [0.717, 1.165) is 42.1 Å². The van der Waals surface area contributed by atoms with Crippen LogP contribution in [0.1, 0.15) is 24.7 Å². The molecule has 1 fully saturated rings. The van der Waals surface area contributed by atoms with Gasteiger partial charge in [0.25, 0.3) is 0 Å². The molecule has 1 aromatic heterocycles. The number of benzene rings is 2. The van der Waals surface area contributed by atoms with E-state index in [1.807, 2.05) is 54.6 Å². The van der Waals surface area contributed by atoms with E-state index >= 15 is 0 Å². The molecule has 4 rings (SSSR count). The quantitative estimate of drug-likeness (QED) is 0.458. The minimum absolute atomic E-state index is 0.117. The number of nitrogens with one attached hydrogen (secondary N) is 1. The van der Waals surface area contributed by atoms with Crippen molar-refractivity contribution >= 4 is 29.3 Å². The minimum Gasteiger partial charge on any atom is -0.497 e. The lowest BCUT2D eigenvalue weighted by atomic mass is 10.1. The topological polar surface area (TPSA) is 81.5 Å². The van der Waals surface area contributed by atoms with Crippen molar-refractivity contribution in [2.45, 2.75) is 30.8 Å². The Morgan fingerprint density at radius 3 is 2.44 bits per heavy atom. The molecule has 1 amide bonds. The van der Waals surface area contributed by atoms with E-state index in [0.29, 0.717) is 24.8 Å². The first-order valence-electron chi connectivity index (χ1n) is 11.5. The van der Waals surface area contributed by atoms with Crippen LogP contribution < -0.4 is 15.0 Å². The zero-order valence-corrected chi connectivity index (χ0v) is 20.6. The molecule has 180 valence electrons. The summed E-state index contributed by atoms with van der Waals surface area (Å²) in [7, 11) is 1.62. The van der Waals surface area contributed by atoms with Gasteiger partial charge >= 0.3 is 0 Å². The van der Waals surface area contributed by atoms with Crippen LogP contribution in [0.5, 0.6) is 5.75 Å². The van der Waals surface area contributed by atoms with Crippen LogP contribution in [0.2, 0.25) is 0 Å². The van der Waals surface area contributed by atoms with Crippen molar-refractivity contribution in [2.24, 2.45) is 5.92 Å². The number of hydrogen-bond donors (Lipinski definition) is 1. The standard InChI is InChI=1S/C25H31N5O3S/c1-18(2)17-30-24(29-13-15-33-16-14-29)27-28-25(30)34-22(19-7-5-4-6-8-19)23(31)26-20-9-11-21(32-3)12-10-20/h4-12,18,22H,13-17H2,1-3H3,(H,26,31). The van der Waals surface area contributed by atoms with Gasteiger partial charge in [0.2, 0.25) is 11.9 Å². The maximum Gasteiger partial charge on any atom is 0.242 e. The highest BCUT2D eigenvalue weighted by Crippen LogP contribution is 2.37. The van der Waals surface area contributed by atoms with Gasteiger partial charge in [0.1, 0.15) is 11.0 Å². The number of carbonyl (C=O) groups excluding carboxylic acids is 1. The van der Waals surface area contributed by atoms with Crippen LogP contribution in [0.15, 0.2) is 59.8 Å². The summed E-state index contributed by atoms with van der Waals surface area (Å²) >= 11 is 1.42. The smallest absolute Gasteiger partial charge is 0.242 e. The van der Waals surface area contributed by atoms with E-state index in [9.17, 15) is 4.79 Å². The molecule has 1 unspecified atom stereocenters. The van der Waals surface area contributed by atoms with E-state index in [-0.39, 0.29) is 5.91 Å². The molecule has 1 aliphatic rings. The molecule has 0 bridgehead atoms. The molecule has 0 spiro atoms. The zero-order chi connectivity index (χ0) is 23.9. The zero-order valence-electron chi connectivity index (χ0n) is 19.8. The monoisotopic (exact) mass is 481 g/mol. The second-order valence-corrected chi connectivity index (χ2v) is 9.59. The molecule has 34 heavy (non-hydrogen) atoms. The summed E-state index contributed by atoms with van der Waals surface area (Å²) in [5.74, 6) is 1.86. The molecule has 2 heterocycles. The second-order valence-electron chi connectivity index (χ2n) is 8.51. The number of ether oxygens (including phenoxy) is 2. The highest BCUT2D eigenvalue weighted by atomic mass is 32.2. The van der Waals surface area contributed by atoms with Crippen molar-refractivity contribution in [3.63, 3.8) is 0 Å². The largest absolute Gasteiger partial charge is 0.497 e. The summed E-state index contributed by atoms with van der Waals surface area (Å²) < 4.78 is 12.9.